The zero-order valence-corrected chi connectivity index (χ0v) is 6.73. The number of nitrogens with one attached hydrogen (secondary N) is 1. The van der Waals surface area contributed by atoms with Crippen molar-refractivity contribution in [1.82, 2.24) is 5.32 Å². The smallest absolute Gasteiger partial charge is 0.0462 e. The summed E-state index contributed by atoms with van der Waals surface area (Å²) >= 11 is 0. The average molecular weight is 143 g/mol. The molecule has 1 unspecified atom stereocenters. The molecule has 2 heteroatoms. The van der Waals surface area contributed by atoms with Crippen LogP contribution >= 0.6 is 0 Å². The van der Waals surface area contributed by atoms with Gasteiger partial charge in [-0.3, -0.25) is 0 Å². The Morgan fingerprint density at radius 2 is 2.50 bits per heavy atom. The van der Waals surface area contributed by atoms with E-state index in [1.165, 1.54) is 32.2 Å². The third-order valence-electron chi connectivity index (χ3n) is 2.06. The standard InChI is InChI=1S/C8H17NO/c1-10-7-3-5-8-4-2-6-9-8/h8-9H,2-7H2,1H3. The SMILES string of the molecule is COCCCC1CCCN1. The van der Waals surface area contributed by atoms with E-state index < -0.39 is 0 Å². The molecule has 1 rings (SSSR count). The van der Waals surface area contributed by atoms with Gasteiger partial charge in [-0.15, -0.1) is 0 Å². The summed E-state index contributed by atoms with van der Waals surface area (Å²) < 4.78 is 4.97. The molecule has 0 spiro atoms. The van der Waals surface area contributed by atoms with E-state index in [1.54, 1.807) is 7.11 Å². The van der Waals surface area contributed by atoms with Crippen LogP contribution in [0.1, 0.15) is 25.7 Å². The first-order chi connectivity index (χ1) is 4.93. The summed E-state index contributed by atoms with van der Waals surface area (Å²) in [6, 6.07) is 0.787. The molecular weight excluding hydrogens is 126 g/mol. The lowest BCUT2D eigenvalue weighted by atomic mass is 10.1. The van der Waals surface area contributed by atoms with Gasteiger partial charge in [0.1, 0.15) is 0 Å². The fourth-order valence-corrected chi connectivity index (χ4v) is 1.48. The molecule has 0 aromatic rings. The van der Waals surface area contributed by atoms with Crippen molar-refractivity contribution >= 4 is 0 Å². The molecule has 0 bridgehead atoms. The van der Waals surface area contributed by atoms with Crippen LogP contribution in [0, 0.1) is 0 Å². The maximum Gasteiger partial charge on any atom is 0.0462 e. The van der Waals surface area contributed by atoms with Gasteiger partial charge in [0.15, 0.2) is 0 Å². The van der Waals surface area contributed by atoms with Crippen molar-refractivity contribution in [2.75, 3.05) is 20.3 Å². The highest BCUT2D eigenvalue weighted by Gasteiger charge is 2.12. The van der Waals surface area contributed by atoms with Crippen molar-refractivity contribution < 1.29 is 4.74 Å². The summed E-state index contributed by atoms with van der Waals surface area (Å²) in [7, 11) is 1.77. The fraction of sp³-hybridized carbons (Fsp3) is 1.00. The lowest BCUT2D eigenvalue weighted by molar-refractivity contribution is 0.189. The quantitative estimate of drug-likeness (QED) is 0.596. The molecule has 0 amide bonds. The Morgan fingerprint density at radius 3 is 3.10 bits per heavy atom. The second-order valence-corrected chi connectivity index (χ2v) is 2.93. The van der Waals surface area contributed by atoms with Crippen LogP contribution in [0.4, 0.5) is 0 Å². The molecule has 10 heavy (non-hydrogen) atoms. The van der Waals surface area contributed by atoms with E-state index in [1.807, 2.05) is 0 Å². The molecule has 1 heterocycles. The minimum absolute atomic E-state index is 0.787. The van der Waals surface area contributed by atoms with Gasteiger partial charge in [-0.05, 0) is 32.2 Å². The van der Waals surface area contributed by atoms with Crippen molar-refractivity contribution in [3.8, 4) is 0 Å². The van der Waals surface area contributed by atoms with Gasteiger partial charge in [-0.25, -0.2) is 0 Å². The summed E-state index contributed by atoms with van der Waals surface area (Å²) in [6.07, 6.45) is 5.21. The van der Waals surface area contributed by atoms with Gasteiger partial charge in [-0.1, -0.05) is 0 Å². The molecule has 0 aliphatic carbocycles. The van der Waals surface area contributed by atoms with E-state index in [2.05, 4.69) is 5.32 Å². The molecule has 1 N–H and O–H groups in total. The predicted octanol–water partition coefficient (Wildman–Crippen LogP) is 1.17. The number of hydrogen-bond acceptors (Lipinski definition) is 2. The van der Waals surface area contributed by atoms with Crippen LogP contribution in [0.25, 0.3) is 0 Å². The van der Waals surface area contributed by atoms with Gasteiger partial charge in [0.25, 0.3) is 0 Å². The van der Waals surface area contributed by atoms with Gasteiger partial charge in [0, 0.05) is 19.8 Å². The highest BCUT2D eigenvalue weighted by atomic mass is 16.5. The van der Waals surface area contributed by atoms with E-state index in [4.69, 9.17) is 4.74 Å². The molecule has 1 aliphatic rings. The van der Waals surface area contributed by atoms with Gasteiger partial charge in [0.2, 0.25) is 0 Å². The number of methoxy groups -OCH3 is 1. The molecule has 1 aliphatic heterocycles. The lowest BCUT2D eigenvalue weighted by Crippen LogP contribution is -2.21. The van der Waals surface area contributed by atoms with Crippen LogP contribution in [0.15, 0.2) is 0 Å². The first-order valence-electron chi connectivity index (χ1n) is 4.16. The monoisotopic (exact) mass is 143 g/mol. The lowest BCUT2D eigenvalue weighted by Gasteiger charge is -2.07. The molecule has 0 aromatic carbocycles. The second kappa shape index (κ2) is 4.69. The van der Waals surface area contributed by atoms with E-state index in [0.717, 1.165) is 12.6 Å². The Morgan fingerprint density at radius 1 is 1.60 bits per heavy atom. The summed E-state index contributed by atoms with van der Waals surface area (Å²) in [4.78, 5) is 0. The minimum atomic E-state index is 0.787. The molecule has 1 saturated heterocycles. The maximum atomic E-state index is 4.97. The van der Waals surface area contributed by atoms with Crippen LogP contribution < -0.4 is 5.32 Å². The Labute approximate surface area is 63.0 Å². The van der Waals surface area contributed by atoms with Crippen molar-refractivity contribution in [3.05, 3.63) is 0 Å². The van der Waals surface area contributed by atoms with E-state index in [0.29, 0.717) is 0 Å². The third kappa shape index (κ3) is 2.67. The Bertz CT molecular complexity index is 79.3. The van der Waals surface area contributed by atoms with Crippen LogP contribution in [-0.4, -0.2) is 26.3 Å². The highest BCUT2D eigenvalue weighted by Crippen LogP contribution is 2.09. The molecule has 1 fully saturated rings. The molecule has 2 nitrogen and oxygen atoms in total. The molecule has 0 aromatic heterocycles. The Balaban J connectivity index is 1.91. The molecule has 60 valence electrons. The van der Waals surface area contributed by atoms with Crippen molar-refractivity contribution in [3.63, 3.8) is 0 Å². The number of rotatable bonds is 4. The van der Waals surface area contributed by atoms with Crippen molar-refractivity contribution in [1.29, 1.82) is 0 Å². The molecule has 0 radical (unpaired) electrons. The van der Waals surface area contributed by atoms with Gasteiger partial charge < -0.3 is 10.1 Å². The summed E-state index contributed by atoms with van der Waals surface area (Å²) in [5.74, 6) is 0. The van der Waals surface area contributed by atoms with E-state index in [-0.39, 0.29) is 0 Å². The maximum absolute atomic E-state index is 4.97. The van der Waals surface area contributed by atoms with Gasteiger partial charge in [0.05, 0.1) is 0 Å². The summed E-state index contributed by atoms with van der Waals surface area (Å²) in [6.45, 7) is 2.13. The average Bonchev–Trinajstić information content (AvgIpc) is 2.41. The van der Waals surface area contributed by atoms with Crippen LogP contribution in [-0.2, 0) is 4.74 Å². The summed E-state index contributed by atoms with van der Waals surface area (Å²) in [5.41, 5.74) is 0. The molecule has 0 saturated carbocycles. The summed E-state index contributed by atoms with van der Waals surface area (Å²) in [5, 5.41) is 3.46. The first kappa shape index (κ1) is 8.02. The zero-order valence-electron chi connectivity index (χ0n) is 6.73. The van der Waals surface area contributed by atoms with Crippen LogP contribution in [0.3, 0.4) is 0 Å². The second-order valence-electron chi connectivity index (χ2n) is 2.93. The highest BCUT2D eigenvalue weighted by molar-refractivity contribution is 4.73. The third-order valence-corrected chi connectivity index (χ3v) is 2.06. The fourth-order valence-electron chi connectivity index (χ4n) is 1.48. The first-order valence-corrected chi connectivity index (χ1v) is 4.16. The molecular formula is C8H17NO. The van der Waals surface area contributed by atoms with E-state index >= 15 is 0 Å². The number of ether oxygens (including phenoxy) is 1. The topological polar surface area (TPSA) is 21.3 Å². The molecule has 1 atom stereocenters. The minimum Gasteiger partial charge on any atom is -0.385 e. The normalized spacial score (nSPS) is 25.5. The zero-order chi connectivity index (χ0) is 7.23. The largest absolute Gasteiger partial charge is 0.385 e. The predicted molar refractivity (Wildman–Crippen MR) is 42.1 cm³/mol. The van der Waals surface area contributed by atoms with E-state index in [9.17, 15) is 0 Å². The van der Waals surface area contributed by atoms with Crippen molar-refractivity contribution in [2.24, 2.45) is 0 Å². The Hall–Kier alpha value is -0.0800. The number of hydrogen-bond donors (Lipinski definition) is 1. The van der Waals surface area contributed by atoms with Crippen molar-refractivity contribution in [2.45, 2.75) is 31.7 Å². The van der Waals surface area contributed by atoms with Crippen LogP contribution in [0.5, 0.6) is 0 Å². The Kier molecular flexibility index (Phi) is 3.76. The van der Waals surface area contributed by atoms with Crippen LogP contribution in [0.2, 0.25) is 0 Å². The van der Waals surface area contributed by atoms with Gasteiger partial charge in [-0.2, -0.15) is 0 Å². The van der Waals surface area contributed by atoms with Gasteiger partial charge >= 0.3 is 0 Å².